The summed E-state index contributed by atoms with van der Waals surface area (Å²) in [5.41, 5.74) is 3.47. The Kier molecular flexibility index (Phi) is 4.49. The number of aryl methyl sites for hydroxylation is 2. The summed E-state index contributed by atoms with van der Waals surface area (Å²) in [4.78, 5) is 12.0. The molecule has 1 saturated carbocycles. The monoisotopic (exact) mass is 485 g/mol. The van der Waals surface area contributed by atoms with Crippen molar-refractivity contribution >= 4 is 11.3 Å². The molecular weight excluding hydrogens is 454 g/mol. The van der Waals surface area contributed by atoms with Crippen molar-refractivity contribution in [2.75, 3.05) is 31.2 Å². The summed E-state index contributed by atoms with van der Waals surface area (Å²) < 4.78 is 8.24. The van der Waals surface area contributed by atoms with Crippen LogP contribution >= 0.6 is 0 Å². The number of H-pyrrole nitrogens is 1. The maximum atomic E-state index is 10.2. The summed E-state index contributed by atoms with van der Waals surface area (Å²) in [6.45, 7) is 8.76. The maximum Gasteiger partial charge on any atom is 0.184 e. The Bertz CT molecular complexity index is 1470. The van der Waals surface area contributed by atoms with Crippen molar-refractivity contribution < 1.29 is 9.84 Å². The molecule has 0 spiro atoms. The van der Waals surface area contributed by atoms with Crippen LogP contribution in [0.1, 0.15) is 54.3 Å². The van der Waals surface area contributed by atoms with E-state index in [9.17, 15) is 5.11 Å². The van der Waals surface area contributed by atoms with E-state index in [1.807, 2.05) is 11.4 Å². The van der Waals surface area contributed by atoms with Gasteiger partial charge in [0.2, 0.25) is 0 Å². The number of nitrogens with one attached hydrogen (secondary N) is 1. The van der Waals surface area contributed by atoms with Crippen molar-refractivity contribution in [3.8, 4) is 0 Å². The minimum Gasteiger partial charge on any atom is -0.396 e. The molecule has 9 heteroatoms. The Hall–Kier alpha value is -3.30. The Morgan fingerprint density at radius 3 is 2.78 bits per heavy atom. The van der Waals surface area contributed by atoms with Gasteiger partial charge in [-0.25, -0.2) is 14.5 Å². The van der Waals surface area contributed by atoms with Crippen molar-refractivity contribution in [3.05, 3.63) is 71.2 Å². The second-order valence-corrected chi connectivity index (χ2v) is 11.3. The topological polar surface area (TPSA) is 104 Å². The zero-order valence-electron chi connectivity index (χ0n) is 20.9. The van der Waals surface area contributed by atoms with Crippen LogP contribution in [0.2, 0.25) is 0 Å². The van der Waals surface area contributed by atoms with Crippen LogP contribution in [0, 0.1) is 19.3 Å². The van der Waals surface area contributed by atoms with Gasteiger partial charge in [-0.2, -0.15) is 5.10 Å². The second kappa shape index (κ2) is 7.36. The van der Waals surface area contributed by atoms with Crippen molar-refractivity contribution in [1.82, 2.24) is 29.8 Å². The van der Waals surface area contributed by atoms with Gasteiger partial charge in [-0.1, -0.05) is 37.3 Å². The molecule has 2 bridgehead atoms. The lowest BCUT2D eigenvalue weighted by atomic mass is 9.53. The van der Waals surface area contributed by atoms with Crippen LogP contribution in [0.15, 0.2) is 42.6 Å². The van der Waals surface area contributed by atoms with E-state index in [0.717, 1.165) is 42.2 Å². The van der Waals surface area contributed by atoms with E-state index >= 15 is 0 Å². The molecular formula is C27H31N7O2. The molecule has 9 nitrogen and oxygen atoms in total. The second-order valence-electron chi connectivity index (χ2n) is 11.3. The predicted molar refractivity (Wildman–Crippen MR) is 134 cm³/mol. The number of aromatic amines is 1. The number of hydrogen-bond donors (Lipinski definition) is 2. The molecule has 4 fully saturated rings. The number of pyridine rings is 1. The molecule has 8 rings (SSSR count). The largest absolute Gasteiger partial charge is 0.396 e. The number of aromatic nitrogens is 6. The van der Waals surface area contributed by atoms with E-state index in [1.165, 1.54) is 5.56 Å². The molecule has 0 amide bonds. The predicted octanol–water partition coefficient (Wildman–Crippen LogP) is 3.02. The third-order valence-electron chi connectivity index (χ3n) is 8.79. The minimum atomic E-state index is -0.713. The molecule has 2 N–H and O–H groups in total. The Balaban J connectivity index is 1.24. The zero-order valence-corrected chi connectivity index (χ0v) is 20.9. The number of hydrogen-bond acceptors (Lipinski definition) is 7. The Morgan fingerprint density at radius 1 is 1.19 bits per heavy atom. The first kappa shape index (κ1) is 21.9. The van der Waals surface area contributed by atoms with Gasteiger partial charge in [0.1, 0.15) is 11.4 Å². The fourth-order valence-electron chi connectivity index (χ4n) is 6.81. The molecule has 1 aliphatic carbocycles. The van der Waals surface area contributed by atoms with Crippen LogP contribution in [0.4, 0.5) is 5.69 Å². The normalized spacial score (nSPS) is 31.3. The number of nitrogens with zero attached hydrogens (tertiary/aromatic N) is 6. The summed E-state index contributed by atoms with van der Waals surface area (Å²) in [7, 11) is 0. The summed E-state index contributed by atoms with van der Waals surface area (Å²) in [5.74, 6) is 1.88. The number of benzene rings is 1. The van der Waals surface area contributed by atoms with Crippen LogP contribution in [0.5, 0.6) is 0 Å². The summed E-state index contributed by atoms with van der Waals surface area (Å²) >= 11 is 0. The van der Waals surface area contributed by atoms with E-state index < -0.39 is 5.60 Å². The molecule has 186 valence electrons. The highest BCUT2D eigenvalue weighted by atomic mass is 16.5. The number of fused-ring (bicyclic) bond motifs is 2. The molecule has 1 aromatic carbocycles. The van der Waals surface area contributed by atoms with E-state index in [0.29, 0.717) is 24.7 Å². The molecule has 0 radical (unpaired) electrons. The van der Waals surface area contributed by atoms with E-state index in [1.54, 1.807) is 0 Å². The van der Waals surface area contributed by atoms with Crippen LogP contribution in [-0.2, 0) is 15.8 Å². The summed E-state index contributed by atoms with van der Waals surface area (Å²) in [5, 5.41) is 22.5. The first-order valence-corrected chi connectivity index (χ1v) is 12.7. The molecule has 6 heterocycles. The lowest BCUT2D eigenvalue weighted by Gasteiger charge is -2.48. The zero-order chi connectivity index (χ0) is 24.7. The van der Waals surface area contributed by atoms with E-state index in [4.69, 9.17) is 14.8 Å². The van der Waals surface area contributed by atoms with Gasteiger partial charge in [0.15, 0.2) is 17.3 Å². The average molecular weight is 486 g/mol. The van der Waals surface area contributed by atoms with Gasteiger partial charge < -0.3 is 14.7 Å². The molecule has 3 aliphatic heterocycles. The van der Waals surface area contributed by atoms with Crippen molar-refractivity contribution in [2.24, 2.45) is 5.41 Å². The SMILES string of the molecule is Cc1nc(C2[C@]3(CO)CO[C@@]2(c2nc4c(C)cc(N5CC[C@](C)(c6ccccc6)C5)cn4n2)C3)n[nH]1. The highest BCUT2D eigenvalue weighted by Gasteiger charge is 2.74. The summed E-state index contributed by atoms with van der Waals surface area (Å²) in [6, 6.07) is 13.0. The molecule has 3 saturated heterocycles. The number of aliphatic hydroxyl groups excluding tert-OH is 1. The van der Waals surface area contributed by atoms with Crippen LogP contribution in [0.25, 0.3) is 5.65 Å². The Labute approximate surface area is 209 Å². The number of rotatable bonds is 5. The quantitative estimate of drug-likeness (QED) is 0.448. The van der Waals surface area contributed by atoms with E-state index in [-0.39, 0.29) is 23.4 Å². The first-order chi connectivity index (χ1) is 17.4. The molecule has 4 aromatic rings. The van der Waals surface area contributed by atoms with Gasteiger partial charge in [0.25, 0.3) is 0 Å². The van der Waals surface area contributed by atoms with Crippen molar-refractivity contribution in [2.45, 2.75) is 50.5 Å². The molecule has 3 aromatic heterocycles. The smallest absolute Gasteiger partial charge is 0.184 e. The third-order valence-corrected chi connectivity index (χ3v) is 8.79. The molecule has 4 aliphatic rings. The maximum absolute atomic E-state index is 10.2. The van der Waals surface area contributed by atoms with Gasteiger partial charge in [0, 0.05) is 23.9 Å². The number of anilines is 1. The number of aliphatic hydroxyl groups is 1. The average Bonchev–Trinajstić information content (AvgIpc) is 3.67. The summed E-state index contributed by atoms with van der Waals surface area (Å²) in [6.07, 6.45) is 3.86. The first-order valence-electron chi connectivity index (χ1n) is 12.7. The van der Waals surface area contributed by atoms with Gasteiger partial charge in [-0.15, -0.1) is 5.10 Å². The van der Waals surface area contributed by atoms with Gasteiger partial charge in [-0.05, 0) is 43.9 Å². The van der Waals surface area contributed by atoms with Gasteiger partial charge >= 0.3 is 0 Å². The lowest BCUT2D eigenvalue weighted by molar-refractivity contribution is -0.0714. The highest BCUT2D eigenvalue weighted by Crippen LogP contribution is 2.70. The molecule has 1 unspecified atom stereocenters. The van der Waals surface area contributed by atoms with Crippen LogP contribution in [-0.4, -0.2) is 61.2 Å². The van der Waals surface area contributed by atoms with Crippen molar-refractivity contribution in [3.63, 3.8) is 0 Å². The highest BCUT2D eigenvalue weighted by molar-refractivity contribution is 5.58. The fourth-order valence-corrected chi connectivity index (χ4v) is 6.81. The Morgan fingerprint density at radius 2 is 2.03 bits per heavy atom. The molecule has 4 atom stereocenters. The van der Waals surface area contributed by atoms with E-state index in [2.05, 4.69) is 76.5 Å². The molecule has 36 heavy (non-hydrogen) atoms. The minimum absolute atomic E-state index is 0.0265. The lowest BCUT2D eigenvalue weighted by Crippen LogP contribution is -2.53. The van der Waals surface area contributed by atoms with Crippen molar-refractivity contribution in [1.29, 1.82) is 0 Å². The van der Waals surface area contributed by atoms with Crippen LogP contribution in [0.3, 0.4) is 0 Å². The standard InChI is InChI=1S/C27H31N7O2/c1-17-11-20(33-10-9-25(3,14-33)19-7-5-4-6-8-19)12-34-23(17)29-24(32-34)27-13-26(15-35,16-36-27)21(27)22-28-18(2)30-31-22/h4-8,11-12,21,35H,9-10,13-16H2,1-3H3,(H,28,30,31)/t21?,25-,26+,27-/m0/s1. The third kappa shape index (κ3) is 2.90. The fraction of sp³-hybridized carbons (Fsp3) is 0.481. The van der Waals surface area contributed by atoms with Gasteiger partial charge in [0.05, 0.1) is 31.0 Å². The number of ether oxygens (including phenoxy) is 1. The van der Waals surface area contributed by atoms with Crippen LogP contribution < -0.4 is 4.90 Å². The van der Waals surface area contributed by atoms with Gasteiger partial charge in [-0.3, -0.25) is 5.10 Å².